The number of ether oxygens (including phenoxy) is 1. The lowest BCUT2D eigenvalue weighted by atomic mass is 9.93. The first-order chi connectivity index (χ1) is 10.7. The number of piperidine rings is 1. The number of nitrogens with one attached hydrogen (secondary N) is 1. The highest BCUT2D eigenvalue weighted by Crippen LogP contribution is 2.30. The highest BCUT2D eigenvalue weighted by molar-refractivity contribution is 5.90. The second-order valence-electron chi connectivity index (χ2n) is 7.31. The molecular weight excluding hydrogens is 300 g/mol. The van der Waals surface area contributed by atoms with Gasteiger partial charge in [0.1, 0.15) is 17.7 Å². The molecule has 0 spiro atoms. The van der Waals surface area contributed by atoms with Crippen LogP contribution < -0.4 is 5.32 Å². The molecule has 0 aromatic heterocycles. The van der Waals surface area contributed by atoms with Crippen LogP contribution in [0.3, 0.4) is 0 Å². The summed E-state index contributed by atoms with van der Waals surface area (Å²) >= 11 is 0. The number of nitrogens with zero attached hydrogens (tertiary/aromatic N) is 1. The van der Waals surface area contributed by atoms with Crippen LogP contribution >= 0.6 is 0 Å². The van der Waals surface area contributed by atoms with E-state index < -0.39 is 29.7 Å². The standard InChI is InChI=1S/C16H26N2O5/c1-16(2,3)23-15(22)17-11-8-4-6-10-7-5-9-12(14(20)21)18(10)13(11)19/h10-12H,4-9H2,1-3H3,(H,17,22)(H,20,21)/t10-,11-,12-/m0/s1. The number of carboxylic acid groups (broad SMARTS) is 1. The molecule has 0 saturated carbocycles. The summed E-state index contributed by atoms with van der Waals surface area (Å²) in [6.07, 6.45) is 3.54. The number of hydrogen-bond donors (Lipinski definition) is 2. The molecule has 0 unspecified atom stereocenters. The SMILES string of the molecule is CC(C)(C)OC(=O)N[C@H]1CCC[C@H]2CCC[C@@H](C(=O)O)N2C1=O. The number of carboxylic acids is 1. The average Bonchev–Trinajstić information content (AvgIpc) is 2.57. The molecular formula is C16H26N2O5. The summed E-state index contributed by atoms with van der Waals surface area (Å²) in [6, 6.07) is -1.54. The average molecular weight is 326 g/mol. The van der Waals surface area contributed by atoms with Crippen molar-refractivity contribution in [3.63, 3.8) is 0 Å². The molecule has 0 aromatic rings. The summed E-state index contributed by atoms with van der Waals surface area (Å²) in [5.74, 6) is -1.27. The maximum atomic E-state index is 12.8. The second-order valence-corrected chi connectivity index (χ2v) is 7.31. The fourth-order valence-corrected chi connectivity index (χ4v) is 3.38. The summed E-state index contributed by atoms with van der Waals surface area (Å²) in [7, 11) is 0. The van der Waals surface area contributed by atoms with E-state index in [-0.39, 0.29) is 11.9 Å². The number of fused-ring (bicyclic) bond motifs is 1. The first-order valence-electron chi connectivity index (χ1n) is 8.23. The van der Waals surface area contributed by atoms with E-state index in [9.17, 15) is 19.5 Å². The Balaban J connectivity index is 2.11. The van der Waals surface area contributed by atoms with Crippen molar-refractivity contribution < 1.29 is 24.2 Å². The maximum absolute atomic E-state index is 12.8. The predicted octanol–water partition coefficient (Wildman–Crippen LogP) is 1.90. The van der Waals surface area contributed by atoms with Gasteiger partial charge in [-0.15, -0.1) is 0 Å². The zero-order chi connectivity index (χ0) is 17.2. The predicted molar refractivity (Wildman–Crippen MR) is 82.9 cm³/mol. The highest BCUT2D eigenvalue weighted by Gasteiger charge is 2.42. The Labute approximate surface area is 136 Å². The third kappa shape index (κ3) is 4.36. The minimum atomic E-state index is -0.971. The smallest absolute Gasteiger partial charge is 0.408 e. The molecule has 2 aliphatic heterocycles. The van der Waals surface area contributed by atoms with E-state index in [0.29, 0.717) is 12.8 Å². The summed E-state index contributed by atoms with van der Waals surface area (Å²) in [6.45, 7) is 5.26. The lowest BCUT2D eigenvalue weighted by Crippen LogP contribution is -2.58. The van der Waals surface area contributed by atoms with Crippen LogP contribution in [-0.2, 0) is 14.3 Å². The van der Waals surface area contributed by atoms with Crippen molar-refractivity contribution in [2.75, 3.05) is 0 Å². The van der Waals surface area contributed by atoms with Crippen molar-refractivity contribution in [2.45, 2.75) is 83.0 Å². The van der Waals surface area contributed by atoms with Gasteiger partial charge in [0.2, 0.25) is 5.91 Å². The molecule has 2 aliphatic rings. The third-order valence-electron chi connectivity index (χ3n) is 4.30. The fourth-order valence-electron chi connectivity index (χ4n) is 3.38. The number of aliphatic carboxylic acids is 1. The van der Waals surface area contributed by atoms with Gasteiger partial charge in [0, 0.05) is 6.04 Å². The molecule has 2 amide bonds. The molecule has 130 valence electrons. The normalized spacial score (nSPS) is 28.6. The number of hydrogen-bond acceptors (Lipinski definition) is 4. The lowest BCUT2D eigenvalue weighted by Gasteiger charge is -2.40. The van der Waals surface area contributed by atoms with Crippen molar-refractivity contribution in [3.8, 4) is 0 Å². The van der Waals surface area contributed by atoms with Crippen LogP contribution in [0, 0.1) is 0 Å². The van der Waals surface area contributed by atoms with Crippen LogP contribution in [0.5, 0.6) is 0 Å². The van der Waals surface area contributed by atoms with Gasteiger partial charge in [-0.1, -0.05) is 0 Å². The van der Waals surface area contributed by atoms with Gasteiger partial charge in [-0.25, -0.2) is 9.59 Å². The second kappa shape index (κ2) is 6.76. The lowest BCUT2D eigenvalue weighted by molar-refractivity contribution is -0.155. The van der Waals surface area contributed by atoms with E-state index in [1.54, 1.807) is 20.8 Å². The van der Waals surface area contributed by atoms with Crippen LogP contribution in [0.1, 0.15) is 59.3 Å². The van der Waals surface area contributed by atoms with E-state index in [0.717, 1.165) is 25.7 Å². The Morgan fingerprint density at radius 1 is 1.17 bits per heavy atom. The van der Waals surface area contributed by atoms with Crippen LogP contribution in [0.2, 0.25) is 0 Å². The number of carbonyl (C=O) groups excluding carboxylic acids is 2. The fraction of sp³-hybridized carbons (Fsp3) is 0.812. The molecule has 2 N–H and O–H groups in total. The van der Waals surface area contributed by atoms with E-state index in [2.05, 4.69) is 5.32 Å². The Bertz CT molecular complexity index is 485. The van der Waals surface area contributed by atoms with Gasteiger partial charge in [-0.2, -0.15) is 0 Å². The molecule has 3 atom stereocenters. The Morgan fingerprint density at radius 2 is 1.78 bits per heavy atom. The van der Waals surface area contributed by atoms with Crippen molar-refractivity contribution in [2.24, 2.45) is 0 Å². The summed E-state index contributed by atoms with van der Waals surface area (Å²) in [5.41, 5.74) is -0.644. The van der Waals surface area contributed by atoms with Crippen molar-refractivity contribution in [1.29, 1.82) is 0 Å². The summed E-state index contributed by atoms with van der Waals surface area (Å²) in [4.78, 5) is 37.7. The largest absolute Gasteiger partial charge is 0.480 e. The van der Waals surface area contributed by atoms with Crippen molar-refractivity contribution >= 4 is 18.0 Å². The minimum Gasteiger partial charge on any atom is -0.480 e. The number of carbonyl (C=O) groups is 3. The van der Waals surface area contributed by atoms with Gasteiger partial charge >= 0.3 is 12.1 Å². The van der Waals surface area contributed by atoms with Gasteiger partial charge in [0.25, 0.3) is 0 Å². The third-order valence-corrected chi connectivity index (χ3v) is 4.30. The van der Waals surface area contributed by atoms with Crippen LogP contribution in [0.25, 0.3) is 0 Å². The van der Waals surface area contributed by atoms with Crippen LogP contribution in [-0.4, -0.2) is 51.7 Å². The zero-order valence-electron chi connectivity index (χ0n) is 14.0. The molecule has 0 aromatic carbocycles. The molecule has 7 nitrogen and oxygen atoms in total. The monoisotopic (exact) mass is 326 g/mol. The molecule has 2 saturated heterocycles. The quantitative estimate of drug-likeness (QED) is 0.808. The molecule has 0 aliphatic carbocycles. The van der Waals surface area contributed by atoms with Gasteiger partial charge in [-0.3, -0.25) is 4.79 Å². The molecule has 7 heteroatoms. The molecule has 0 radical (unpaired) electrons. The van der Waals surface area contributed by atoms with Crippen molar-refractivity contribution in [3.05, 3.63) is 0 Å². The molecule has 23 heavy (non-hydrogen) atoms. The van der Waals surface area contributed by atoms with E-state index in [1.807, 2.05) is 0 Å². The van der Waals surface area contributed by atoms with Gasteiger partial charge in [0.05, 0.1) is 0 Å². The van der Waals surface area contributed by atoms with E-state index >= 15 is 0 Å². The van der Waals surface area contributed by atoms with Crippen molar-refractivity contribution in [1.82, 2.24) is 10.2 Å². The van der Waals surface area contributed by atoms with Crippen LogP contribution in [0.15, 0.2) is 0 Å². The minimum absolute atomic E-state index is 0.0391. The Hall–Kier alpha value is -1.79. The van der Waals surface area contributed by atoms with Crippen LogP contribution in [0.4, 0.5) is 4.79 Å². The molecule has 2 heterocycles. The first-order valence-corrected chi connectivity index (χ1v) is 8.23. The number of amides is 2. The van der Waals surface area contributed by atoms with E-state index in [1.165, 1.54) is 4.90 Å². The summed E-state index contributed by atoms with van der Waals surface area (Å²) < 4.78 is 5.20. The molecule has 2 fully saturated rings. The highest BCUT2D eigenvalue weighted by atomic mass is 16.6. The Kier molecular flexibility index (Phi) is 5.16. The van der Waals surface area contributed by atoms with Gasteiger partial charge in [-0.05, 0) is 59.3 Å². The van der Waals surface area contributed by atoms with E-state index in [4.69, 9.17) is 4.74 Å². The number of rotatable bonds is 2. The molecule has 0 bridgehead atoms. The Morgan fingerprint density at radius 3 is 2.35 bits per heavy atom. The zero-order valence-corrected chi connectivity index (χ0v) is 14.0. The number of alkyl carbamates (subject to hydrolysis) is 1. The summed E-state index contributed by atoms with van der Waals surface area (Å²) in [5, 5.41) is 12.0. The first kappa shape index (κ1) is 17.6. The molecule has 2 rings (SSSR count). The maximum Gasteiger partial charge on any atom is 0.408 e. The van der Waals surface area contributed by atoms with Gasteiger partial charge < -0.3 is 20.1 Å². The van der Waals surface area contributed by atoms with Gasteiger partial charge in [0.15, 0.2) is 0 Å². The topological polar surface area (TPSA) is 95.9 Å².